The summed E-state index contributed by atoms with van der Waals surface area (Å²) in [5, 5.41) is 3.12. The number of aromatic nitrogens is 3. The fraction of sp³-hybridized carbons (Fsp3) is 0.0909. The minimum atomic E-state index is -4.05. The number of halogens is 2. The number of ether oxygens (including phenoxy) is 1. The Morgan fingerprint density at radius 3 is 2.51 bits per heavy atom. The lowest BCUT2D eigenvalue weighted by molar-refractivity contribution is 0.0600. The van der Waals surface area contributed by atoms with Gasteiger partial charge in [0.15, 0.2) is 17.3 Å². The molecule has 0 unspecified atom stereocenters. The number of benzene rings is 2. The van der Waals surface area contributed by atoms with E-state index in [1.165, 1.54) is 78.0 Å². The van der Waals surface area contributed by atoms with E-state index < -0.39 is 39.1 Å². The molecule has 6 rings (SSSR count). The molecule has 0 aliphatic heterocycles. The summed E-state index contributed by atoms with van der Waals surface area (Å²) in [6.07, 6.45) is 4.13. The van der Waals surface area contributed by atoms with Gasteiger partial charge in [-0.25, -0.2) is 30.9 Å². The molecule has 0 fully saturated rings. The van der Waals surface area contributed by atoms with Gasteiger partial charge in [-0.2, -0.15) is 0 Å². The van der Waals surface area contributed by atoms with Gasteiger partial charge in [-0.05, 0) is 60.2 Å². The molecule has 47 heavy (non-hydrogen) atoms. The van der Waals surface area contributed by atoms with Crippen molar-refractivity contribution in [1.82, 2.24) is 18.8 Å². The van der Waals surface area contributed by atoms with Crippen LogP contribution in [0.3, 0.4) is 0 Å². The first-order chi connectivity index (χ1) is 22.6. The van der Waals surface area contributed by atoms with Gasteiger partial charge in [-0.1, -0.05) is 24.3 Å². The second-order valence-electron chi connectivity index (χ2n) is 10.3. The van der Waals surface area contributed by atoms with Gasteiger partial charge in [0.1, 0.15) is 5.56 Å². The Morgan fingerprint density at radius 2 is 1.77 bits per heavy atom. The molecule has 1 amide bonds. The largest absolute Gasteiger partial charge is 0.465 e. The molecule has 14 heteroatoms. The molecule has 2 aromatic carbocycles. The highest BCUT2D eigenvalue weighted by molar-refractivity contribution is 7.90. The van der Waals surface area contributed by atoms with Crippen molar-refractivity contribution in [2.75, 3.05) is 7.11 Å². The highest BCUT2D eigenvalue weighted by Gasteiger charge is 2.24. The monoisotopic (exact) mass is 674 g/mol. The zero-order valence-electron chi connectivity index (χ0n) is 24.5. The molecular weight excluding hydrogens is 651 g/mol. The van der Waals surface area contributed by atoms with E-state index in [-0.39, 0.29) is 34.8 Å². The summed E-state index contributed by atoms with van der Waals surface area (Å²) in [7, 11) is -2.82. The van der Waals surface area contributed by atoms with Crippen LogP contribution in [0.1, 0.15) is 31.2 Å². The Labute approximate surface area is 270 Å². The third kappa shape index (κ3) is 6.20. The molecule has 0 aliphatic carbocycles. The average molecular weight is 675 g/mol. The van der Waals surface area contributed by atoms with Crippen LogP contribution in [-0.4, -0.2) is 40.9 Å². The number of carbonyl (C=O) groups is 2. The predicted molar refractivity (Wildman–Crippen MR) is 171 cm³/mol. The third-order valence-electron chi connectivity index (χ3n) is 7.29. The Kier molecular flexibility index (Phi) is 8.54. The van der Waals surface area contributed by atoms with Gasteiger partial charge in [0.05, 0.1) is 30.7 Å². The number of nitrogens with zero attached hydrogens (tertiary/aromatic N) is 3. The molecule has 0 radical (unpaired) electrons. The Bertz CT molecular complexity index is 2330. The summed E-state index contributed by atoms with van der Waals surface area (Å²) >= 11 is 1.27. The normalized spacial score (nSPS) is 11.5. The van der Waals surface area contributed by atoms with Gasteiger partial charge in [-0.15, -0.1) is 11.3 Å². The first-order valence-electron chi connectivity index (χ1n) is 14.0. The van der Waals surface area contributed by atoms with Crippen molar-refractivity contribution in [3.8, 4) is 10.4 Å². The van der Waals surface area contributed by atoms with Gasteiger partial charge in [0.25, 0.3) is 21.5 Å². The predicted octanol–water partition coefficient (Wildman–Crippen LogP) is 5.21. The van der Waals surface area contributed by atoms with Crippen LogP contribution in [0.25, 0.3) is 21.5 Å². The van der Waals surface area contributed by atoms with Crippen molar-refractivity contribution in [1.29, 1.82) is 0 Å². The second kappa shape index (κ2) is 12.7. The van der Waals surface area contributed by atoms with Crippen LogP contribution in [-0.2, 0) is 27.8 Å². The third-order valence-corrected chi connectivity index (χ3v) is 10.1. The Hall–Kier alpha value is -5.47. The number of esters is 1. The van der Waals surface area contributed by atoms with Crippen molar-refractivity contribution in [3.63, 3.8) is 0 Å². The van der Waals surface area contributed by atoms with E-state index in [1.807, 2.05) is 0 Å². The average Bonchev–Trinajstić information content (AvgIpc) is 3.71. The standard InChI is InChI=1S/C33H24F2N4O6S2/c1-45-33(42)21-15-25-26(19-39(30(25)36-16-21)47(43,44)23-6-3-2-4-7-23)29-12-10-22(46-29)17-37-31(40)24-8-5-13-38(32(24)41)18-20-9-11-27(34)28(35)14-20/h2-16,19H,17-18H2,1H3,(H,37,40). The van der Waals surface area contributed by atoms with Gasteiger partial charge >= 0.3 is 5.97 Å². The zero-order valence-corrected chi connectivity index (χ0v) is 26.1. The van der Waals surface area contributed by atoms with Crippen molar-refractivity contribution >= 4 is 44.3 Å². The highest BCUT2D eigenvalue weighted by Crippen LogP contribution is 2.36. The molecule has 0 aliphatic rings. The zero-order chi connectivity index (χ0) is 33.3. The first kappa shape index (κ1) is 31.5. The molecule has 0 saturated heterocycles. The number of methoxy groups -OCH3 is 1. The molecule has 4 heterocycles. The van der Waals surface area contributed by atoms with Crippen molar-refractivity contribution < 1.29 is 31.5 Å². The maximum atomic E-state index is 13.7. The van der Waals surface area contributed by atoms with E-state index in [0.29, 0.717) is 26.3 Å². The molecule has 238 valence electrons. The topological polar surface area (TPSA) is 129 Å². The number of thiophene rings is 1. The van der Waals surface area contributed by atoms with E-state index in [0.717, 1.165) is 16.1 Å². The Balaban J connectivity index is 1.27. The van der Waals surface area contributed by atoms with Crippen LogP contribution in [0.5, 0.6) is 0 Å². The van der Waals surface area contributed by atoms with E-state index in [9.17, 15) is 31.6 Å². The molecule has 0 saturated carbocycles. The maximum Gasteiger partial charge on any atom is 0.339 e. The fourth-order valence-corrected chi connectivity index (χ4v) is 7.26. The van der Waals surface area contributed by atoms with Crippen LogP contribution in [0.4, 0.5) is 8.78 Å². The van der Waals surface area contributed by atoms with E-state index in [4.69, 9.17) is 4.74 Å². The van der Waals surface area contributed by atoms with Crippen molar-refractivity contribution in [3.05, 3.63) is 141 Å². The van der Waals surface area contributed by atoms with E-state index in [2.05, 4.69) is 10.3 Å². The molecule has 6 aromatic rings. The smallest absolute Gasteiger partial charge is 0.339 e. The summed E-state index contributed by atoms with van der Waals surface area (Å²) in [6.45, 7) is -0.0147. The van der Waals surface area contributed by atoms with Gasteiger partial charge in [0, 0.05) is 39.3 Å². The number of hydrogen-bond donors (Lipinski definition) is 1. The number of rotatable bonds is 9. The molecule has 1 N–H and O–H groups in total. The minimum Gasteiger partial charge on any atom is -0.465 e. The SMILES string of the molecule is COC(=O)c1cnc2c(c1)c(-c1ccc(CNC(=O)c3cccn(Cc4ccc(F)c(F)c4)c3=O)s1)cn2S(=O)(=O)c1ccccc1. The van der Waals surface area contributed by atoms with Crippen molar-refractivity contribution in [2.45, 2.75) is 18.0 Å². The number of hydrogen-bond acceptors (Lipinski definition) is 8. The summed E-state index contributed by atoms with van der Waals surface area (Å²) in [5.74, 6) is -3.32. The molecule has 0 bridgehead atoms. The molecule has 4 aromatic heterocycles. The molecule has 10 nitrogen and oxygen atoms in total. The molecule has 0 atom stereocenters. The maximum absolute atomic E-state index is 13.7. The van der Waals surface area contributed by atoms with Crippen molar-refractivity contribution in [2.24, 2.45) is 0 Å². The quantitative estimate of drug-likeness (QED) is 0.209. The number of pyridine rings is 2. The number of amides is 1. The summed E-state index contributed by atoms with van der Waals surface area (Å²) in [5.41, 5.74) is 0.345. The Morgan fingerprint density at radius 1 is 0.979 bits per heavy atom. The second-order valence-corrected chi connectivity index (χ2v) is 13.3. The summed E-state index contributed by atoms with van der Waals surface area (Å²) < 4.78 is 61.3. The van der Waals surface area contributed by atoms with Crippen LogP contribution in [0.15, 0.2) is 107 Å². The van der Waals surface area contributed by atoms with Crippen LogP contribution in [0.2, 0.25) is 0 Å². The fourth-order valence-electron chi connectivity index (χ4n) is 4.94. The van der Waals surface area contributed by atoms with Gasteiger partial charge in [-0.3, -0.25) is 9.59 Å². The van der Waals surface area contributed by atoms with Gasteiger partial charge < -0.3 is 14.6 Å². The molecule has 0 spiro atoms. The highest BCUT2D eigenvalue weighted by atomic mass is 32.2. The lowest BCUT2D eigenvalue weighted by Crippen LogP contribution is -2.32. The number of carbonyl (C=O) groups excluding carboxylic acids is 2. The van der Waals surface area contributed by atoms with E-state index in [1.54, 1.807) is 30.3 Å². The van der Waals surface area contributed by atoms with E-state index >= 15 is 0 Å². The number of fused-ring (bicyclic) bond motifs is 1. The van der Waals surface area contributed by atoms with Crippen LogP contribution < -0.4 is 10.9 Å². The summed E-state index contributed by atoms with van der Waals surface area (Å²) in [4.78, 5) is 44.0. The first-order valence-corrected chi connectivity index (χ1v) is 16.2. The van der Waals surface area contributed by atoms with Crippen LogP contribution >= 0.6 is 11.3 Å². The van der Waals surface area contributed by atoms with Crippen LogP contribution in [0, 0.1) is 11.6 Å². The van der Waals surface area contributed by atoms with Gasteiger partial charge in [0.2, 0.25) is 0 Å². The minimum absolute atomic E-state index is 0.0492. The summed E-state index contributed by atoms with van der Waals surface area (Å²) in [6, 6.07) is 19.1. The number of nitrogens with one attached hydrogen (secondary N) is 1. The lowest BCUT2D eigenvalue weighted by atomic mass is 10.1. The molecular formula is C33H24F2N4O6S2. The lowest BCUT2D eigenvalue weighted by Gasteiger charge is -2.09.